The molecule has 1 heterocycles. The zero-order chi connectivity index (χ0) is 14.4. The van der Waals surface area contributed by atoms with Gasteiger partial charge in [0, 0.05) is 30.1 Å². The Morgan fingerprint density at radius 1 is 1.40 bits per heavy atom. The predicted octanol–water partition coefficient (Wildman–Crippen LogP) is 2.83. The van der Waals surface area contributed by atoms with Crippen LogP contribution < -0.4 is 10.6 Å². The van der Waals surface area contributed by atoms with Crippen molar-refractivity contribution in [1.29, 1.82) is 0 Å². The largest absolute Gasteiger partial charge is 0.383 e. The molecule has 0 aliphatic heterocycles. The van der Waals surface area contributed by atoms with Gasteiger partial charge in [0.25, 0.3) is 0 Å². The Morgan fingerprint density at radius 2 is 2.25 bits per heavy atom. The Bertz CT molecular complexity index is 585. The van der Waals surface area contributed by atoms with Crippen molar-refractivity contribution < 1.29 is 9.53 Å². The van der Waals surface area contributed by atoms with E-state index in [0.717, 1.165) is 0 Å². The minimum Gasteiger partial charge on any atom is -0.383 e. The second kappa shape index (κ2) is 6.93. The van der Waals surface area contributed by atoms with Gasteiger partial charge in [-0.2, -0.15) is 5.10 Å². The quantitative estimate of drug-likeness (QED) is 0.891. The first-order valence-electron chi connectivity index (χ1n) is 6.03. The standard InChI is InChI=1S/C13H15ClN4O2/c1-20-8-7-18-6-5-12(17-18)16-13(19)15-11-4-2-3-10(14)9-11/h2-6,9H,7-8H2,1H3,(H2,15,16,17,19). The Kier molecular flexibility index (Phi) is 4.97. The number of anilines is 2. The van der Waals surface area contributed by atoms with Gasteiger partial charge in [-0.3, -0.25) is 10.00 Å². The van der Waals surface area contributed by atoms with Crippen LogP contribution in [0.15, 0.2) is 36.5 Å². The third-order valence-electron chi connectivity index (χ3n) is 2.49. The number of carbonyl (C=O) groups is 1. The molecule has 0 atom stereocenters. The molecular weight excluding hydrogens is 280 g/mol. The zero-order valence-electron chi connectivity index (χ0n) is 11.0. The maximum Gasteiger partial charge on any atom is 0.324 e. The number of hydrogen-bond acceptors (Lipinski definition) is 3. The second-order valence-corrected chi connectivity index (χ2v) is 4.48. The lowest BCUT2D eigenvalue weighted by Crippen LogP contribution is -2.20. The number of amides is 2. The molecule has 6 nitrogen and oxygen atoms in total. The van der Waals surface area contributed by atoms with E-state index in [9.17, 15) is 4.79 Å². The highest BCUT2D eigenvalue weighted by atomic mass is 35.5. The number of aromatic nitrogens is 2. The average molecular weight is 295 g/mol. The second-order valence-electron chi connectivity index (χ2n) is 4.05. The van der Waals surface area contributed by atoms with Crippen molar-refractivity contribution in [2.75, 3.05) is 24.4 Å². The highest BCUT2D eigenvalue weighted by Crippen LogP contribution is 2.15. The molecule has 0 saturated carbocycles. The Morgan fingerprint density at radius 3 is 3.00 bits per heavy atom. The Labute approximate surface area is 121 Å². The molecule has 2 N–H and O–H groups in total. The molecule has 7 heteroatoms. The molecule has 2 aromatic rings. The minimum atomic E-state index is -0.371. The van der Waals surface area contributed by atoms with Crippen LogP contribution >= 0.6 is 11.6 Å². The van der Waals surface area contributed by atoms with Crippen LogP contribution in [0.2, 0.25) is 5.02 Å². The number of rotatable bonds is 5. The van der Waals surface area contributed by atoms with Crippen molar-refractivity contribution in [3.63, 3.8) is 0 Å². The summed E-state index contributed by atoms with van der Waals surface area (Å²) in [4.78, 5) is 11.8. The van der Waals surface area contributed by atoms with E-state index in [-0.39, 0.29) is 6.03 Å². The topological polar surface area (TPSA) is 68.2 Å². The van der Waals surface area contributed by atoms with Crippen molar-refractivity contribution in [3.05, 3.63) is 41.6 Å². The van der Waals surface area contributed by atoms with Gasteiger partial charge in [-0.05, 0) is 18.2 Å². The highest BCUT2D eigenvalue weighted by molar-refractivity contribution is 6.30. The normalized spacial score (nSPS) is 10.3. The Hall–Kier alpha value is -2.05. The summed E-state index contributed by atoms with van der Waals surface area (Å²) >= 11 is 5.84. The van der Waals surface area contributed by atoms with E-state index in [2.05, 4.69) is 15.7 Å². The number of urea groups is 1. The maximum atomic E-state index is 11.8. The van der Waals surface area contributed by atoms with Gasteiger partial charge in [-0.25, -0.2) is 4.79 Å². The van der Waals surface area contributed by atoms with Crippen molar-refractivity contribution in [2.24, 2.45) is 0 Å². The summed E-state index contributed by atoms with van der Waals surface area (Å²) in [5, 5.41) is 10.1. The first-order chi connectivity index (χ1) is 9.67. The number of nitrogens with one attached hydrogen (secondary N) is 2. The monoisotopic (exact) mass is 294 g/mol. The van der Waals surface area contributed by atoms with Crippen LogP contribution in [-0.4, -0.2) is 29.5 Å². The molecule has 0 bridgehead atoms. The number of nitrogens with zero attached hydrogens (tertiary/aromatic N) is 2. The lowest BCUT2D eigenvalue weighted by molar-refractivity contribution is 0.183. The molecule has 2 amide bonds. The zero-order valence-corrected chi connectivity index (χ0v) is 11.7. The molecule has 0 spiro atoms. The highest BCUT2D eigenvalue weighted by Gasteiger charge is 2.05. The third-order valence-corrected chi connectivity index (χ3v) is 2.72. The maximum absolute atomic E-state index is 11.8. The van der Waals surface area contributed by atoms with Crippen molar-refractivity contribution >= 4 is 29.1 Å². The summed E-state index contributed by atoms with van der Waals surface area (Å²) in [5.41, 5.74) is 0.619. The predicted molar refractivity (Wildman–Crippen MR) is 78.2 cm³/mol. The first kappa shape index (κ1) is 14.4. The summed E-state index contributed by atoms with van der Waals surface area (Å²) in [6, 6.07) is 8.26. The number of carbonyl (C=O) groups excluding carboxylic acids is 1. The lowest BCUT2D eigenvalue weighted by Gasteiger charge is -2.05. The van der Waals surface area contributed by atoms with E-state index in [1.54, 1.807) is 48.3 Å². The summed E-state index contributed by atoms with van der Waals surface area (Å²) in [6.45, 7) is 1.20. The number of ether oxygens (including phenoxy) is 1. The lowest BCUT2D eigenvalue weighted by atomic mass is 10.3. The van der Waals surface area contributed by atoms with Crippen molar-refractivity contribution in [1.82, 2.24) is 9.78 Å². The summed E-state index contributed by atoms with van der Waals surface area (Å²) in [6.07, 6.45) is 1.77. The molecule has 1 aromatic heterocycles. The average Bonchev–Trinajstić information content (AvgIpc) is 2.83. The number of benzene rings is 1. The van der Waals surface area contributed by atoms with Gasteiger partial charge in [0.2, 0.25) is 0 Å². The van der Waals surface area contributed by atoms with Crippen molar-refractivity contribution in [2.45, 2.75) is 6.54 Å². The molecule has 0 saturated heterocycles. The van der Waals surface area contributed by atoms with Gasteiger partial charge >= 0.3 is 6.03 Å². The molecule has 20 heavy (non-hydrogen) atoms. The molecule has 2 rings (SSSR count). The van der Waals surface area contributed by atoms with E-state index in [1.165, 1.54) is 0 Å². The smallest absolute Gasteiger partial charge is 0.324 e. The van der Waals surface area contributed by atoms with Crippen LogP contribution in [0.25, 0.3) is 0 Å². The number of methoxy groups -OCH3 is 1. The van der Waals surface area contributed by atoms with Crippen molar-refractivity contribution in [3.8, 4) is 0 Å². The molecule has 0 radical (unpaired) electrons. The van der Waals surface area contributed by atoms with Crippen LogP contribution in [0.4, 0.5) is 16.3 Å². The van der Waals surface area contributed by atoms with Crippen LogP contribution in [-0.2, 0) is 11.3 Å². The molecule has 106 valence electrons. The summed E-state index contributed by atoms with van der Waals surface area (Å²) in [5.74, 6) is 0.473. The van der Waals surface area contributed by atoms with Crippen LogP contribution in [0.3, 0.4) is 0 Å². The molecule has 0 aliphatic rings. The van der Waals surface area contributed by atoms with Crippen LogP contribution in [0.1, 0.15) is 0 Å². The third kappa shape index (κ3) is 4.25. The molecule has 1 aromatic carbocycles. The van der Waals surface area contributed by atoms with Crippen LogP contribution in [0, 0.1) is 0 Å². The van der Waals surface area contributed by atoms with Gasteiger partial charge in [-0.1, -0.05) is 17.7 Å². The van der Waals surface area contributed by atoms with Gasteiger partial charge in [0.05, 0.1) is 13.2 Å². The van der Waals surface area contributed by atoms with Gasteiger partial charge < -0.3 is 10.1 Å². The van der Waals surface area contributed by atoms with E-state index in [0.29, 0.717) is 29.7 Å². The first-order valence-corrected chi connectivity index (χ1v) is 6.41. The summed E-state index contributed by atoms with van der Waals surface area (Å²) < 4.78 is 6.65. The van der Waals surface area contributed by atoms with Gasteiger partial charge in [0.1, 0.15) is 0 Å². The summed E-state index contributed by atoms with van der Waals surface area (Å²) in [7, 11) is 1.63. The Balaban J connectivity index is 1.89. The van der Waals surface area contributed by atoms with Gasteiger partial charge in [-0.15, -0.1) is 0 Å². The fourth-order valence-electron chi connectivity index (χ4n) is 1.58. The number of halogens is 1. The molecular formula is C13H15ClN4O2. The molecule has 0 aliphatic carbocycles. The molecule has 0 fully saturated rings. The molecule has 0 unspecified atom stereocenters. The van der Waals surface area contributed by atoms with E-state index >= 15 is 0 Å². The van der Waals surface area contributed by atoms with E-state index in [1.807, 2.05) is 0 Å². The van der Waals surface area contributed by atoms with E-state index < -0.39 is 0 Å². The van der Waals surface area contributed by atoms with Gasteiger partial charge in [0.15, 0.2) is 5.82 Å². The minimum absolute atomic E-state index is 0.371. The SMILES string of the molecule is COCCn1ccc(NC(=O)Nc2cccc(Cl)c2)n1. The fraction of sp³-hybridized carbons (Fsp3) is 0.231. The number of hydrogen-bond donors (Lipinski definition) is 2. The van der Waals surface area contributed by atoms with E-state index in [4.69, 9.17) is 16.3 Å². The fourth-order valence-corrected chi connectivity index (χ4v) is 1.77. The van der Waals surface area contributed by atoms with Crippen LogP contribution in [0.5, 0.6) is 0 Å².